The molecule has 4 heteroatoms. The maximum Gasteiger partial charge on any atom is 0.153 e. The van der Waals surface area contributed by atoms with Crippen LogP contribution < -0.4 is 4.74 Å². The van der Waals surface area contributed by atoms with Crippen LogP contribution in [0.15, 0.2) is 71.1 Å². The standard InChI is InChI=1S/C22H16O4.C2H6/c1-25-18-9-7-15(8-10-18)22-20(14-5-3-2-4-6-14)19-12-17(24)11-16(13-23)21(19)26-22;1-2/h2-13,24H,1H3;1-2H3. The molecule has 1 N–H and O–H groups in total. The number of hydrogen-bond acceptors (Lipinski definition) is 4. The van der Waals surface area contributed by atoms with Gasteiger partial charge < -0.3 is 14.3 Å². The summed E-state index contributed by atoms with van der Waals surface area (Å²) in [6.07, 6.45) is 0.693. The Bertz CT molecular complexity index is 1080. The van der Waals surface area contributed by atoms with E-state index in [1.807, 2.05) is 68.4 Å². The number of hydrogen-bond donors (Lipinski definition) is 1. The summed E-state index contributed by atoms with van der Waals surface area (Å²) in [5, 5.41) is 10.7. The molecule has 0 bridgehead atoms. The zero-order chi connectivity index (χ0) is 20.1. The van der Waals surface area contributed by atoms with Crippen LogP contribution in [0.2, 0.25) is 0 Å². The number of carbonyl (C=O) groups excluding carboxylic acids is 1. The molecule has 3 aromatic carbocycles. The van der Waals surface area contributed by atoms with Gasteiger partial charge in [-0.2, -0.15) is 0 Å². The molecule has 1 aromatic heterocycles. The lowest BCUT2D eigenvalue weighted by atomic mass is 9.97. The highest BCUT2D eigenvalue weighted by molar-refractivity contribution is 6.07. The number of carbonyl (C=O) groups is 1. The molecule has 0 radical (unpaired) electrons. The molecule has 4 nitrogen and oxygen atoms in total. The van der Waals surface area contributed by atoms with E-state index in [9.17, 15) is 9.90 Å². The number of benzene rings is 3. The highest BCUT2D eigenvalue weighted by Crippen LogP contribution is 2.43. The van der Waals surface area contributed by atoms with Gasteiger partial charge in [0.1, 0.15) is 22.8 Å². The van der Waals surface area contributed by atoms with Crippen LogP contribution in [0.1, 0.15) is 24.2 Å². The van der Waals surface area contributed by atoms with Gasteiger partial charge in [0, 0.05) is 16.5 Å². The van der Waals surface area contributed by atoms with Crippen LogP contribution in [0.4, 0.5) is 0 Å². The van der Waals surface area contributed by atoms with Gasteiger partial charge in [0.05, 0.1) is 12.7 Å². The third-order valence-electron chi connectivity index (χ3n) is 4.34. The van der Waals surface area contributed by atoms with Crippen LogP contribution in [0.3, 0.4) is 0 Å². The van der Waals surface area contributed by atoms with E-state index in [2.05, 4.69) is 0 Å². The minimum absolute atomic E-state index is 0.0267. The molecule has 0 fully saturated rings. The Morgan fingerprint density at radius 1 is 0.929 bits per heavy atom. The Balaban J connectivity index is 0.00000109. The second kappa shape index (κ2) is 8.44. The topological polar surface area (TPSA) is 59.7 Å². The molecule has 0 spiro atoms. The molecule has 4 rings (SSSR count). The minimum atomic E-state index is 0.0267. The van der Waals surface area contributed by atoms with Crippen LogP contribution in [0.25, 0.3) is 33.4 Å². The summed E-state index contributed by atoms with van der Waals surface area (Å²) in [4.78, 5) is 11.5. The lowest BCUT2D eigenvalue weighted by molar-refractivity contribution is 0.112. The first kappa shape index (κ1) is 19.2. The van der Waals surface area contributed by atoms with Gasteiger partial charge in [0.15, 0.2) is 6.29 Å². The van der Waals surface area contributed by atoms with Crippen molar-refractivity contribution in [3.05, 3.63) is 72.3 Å². The second-order valence-corrected chi connectivity index (χ2v) is 5.93. The Morgan fingerprint density at radius 2 is 1.61 bits per heavy atom. The Labute approximate surface area is 164 Å². The van der Waals surface area contributed by atoms with E-state index in [1.165, 1.54) is 6.07 Å². The number of aldehydes is 1. The normalized spacial score (nSPS) is 10.2. The molecule has 0 aliphatic rings. The quantitative estimate of drug-likeness (QED) is 0.425. The Morgan fingerprint density at radius 3 is 2.21 bits per heavy atom. The number of fused-ring (bicyclic) bond motifs is 1. The van der Waals surface area contributed by atoms with Crippen molar-refractivity contribution < 1.29 is 19.1 Å². The average molecular weight is 374 g/mol. The lowest BCUT2D eigenvalue weighted by Gasteiger charge is -2.05. The van der Waals surface area contributed by atoms with E-state index in [1.54, 1.807) is 13.2 Å². The summed E-state index contributed by atoms with van der Waals surface area (Å²) in [6, 6.07) is 20.3. The fourth-order valence-electron chi connectivity index (χ4n) is 3.14. The molecule has 28 heavy (non-hydrogen) atoms. The lowest BCUT2D eigenvalue weighted by Crippen LogP contribution is -1.84. The van der Waals surface area contributed by atoms with E-state index in [0.29, 0.717) is 28.6 Å². The molecular weight excluding hydrogens is 352 g/mol. The summed E-state index contributed by atoms with van der Waals surface area (Å²) in [5.41, 5.74) is 3.42. The predicted octanol–water partition coefficient (Wildman–Crippen LogP) is 6.32. The monoisotopic (exact) mass is 374 g/mol. The molecule has 0 aliphatic heterocycles. The van der Waals surface area contributed by atoms with E-state index < -0.39 is 0 Å². The Kier molecular flexibility index (Phi) is 5.80. The van der Waals surface area contributed by atoms with Gasteiger partial charge in [-0.05, 0) is 42.0 Å². The second-order valence-electron chi connectivity index (χ2n) is 5.93. The van der Waals surface area contributed by atoms with Crippen molar-refractivity contribution in [2.45, 2.75) is 13.8 Å². The molecule has 0 aliphatic carbocycles. The molecule has 0 unspecified atom stereocenters. The maximum absolute atomic E-state index is 11.5. The van der Waals surface area contributed by atoms with Gasteiger partial charge in [0.2, 0.25) is 0 Å². The summed E-state index contributed by atoms with van der Waals surface area (Å²) in [6.45, 7) is 4.00. The van der Waals surface area contributed by atoms with Crippen molar-refractivity contribution in [2.24, 2.45) is 0 Å². The number of rotatable bonds is 4. The number of methoxy groups -OCH3 is 1. The van der Waals surface area contributed by atoms with Crippen LogP contribution in [0.5, 0.6) is 11.5 Å². The van der Waals surface area contributed by atoms with E-state index in [-0.39, 0.29) is 5.75 Å². The first-order valence-electron chi connectivity index (χ1n) is 9.16. The van der Waals surface area contributed by atoms with Crippen LogP contribution in [-0.4, -0.2) is 18.5 Å². The Hall–Kier alpha value is -3.53. The van der Waals surface area contributed by atoms with E-state index >= 15 is 0 Å². The fourth-order valence-corrected chi connectivity index (χ4v) is 3.14. The van der Waals surface area contributed by atoms with Crippen LogP contribution in [0, 0.1) is 0 Å². The summed E-state index contributed by atoms with van der Waals surface area (Å²) in [5.74, 6) is 1.42. The maximum atomic E-state index is 11.5. The molecule has 142 valence electrons. The van der Waals surface area contributed by atoms with Crippen molar-refractivity contribution in [1.29, 1.82) is 0 Å². The van der Waals surface area contributed by atoms with Crippen molar-refractivity contribution >= 4 is 17.3 Å². The smallest absolute Gasteiger partial charge is 0.153 e. The zero-order valence-electron chi connectivity index (χ0n) is 16.1. The van der Waals surface area contributed by atoms with Crippen molar-refractivity contribution in [2.75, 3.05) is 7.11 Å². The first-order chi connectivity index (χ1) is 13.7. The molecule has 0 atom stereocenters. The summed E-state index contributed by atoms with van der Waals surface area (Å²) < 4.78 is 11.3. The van der Waals surface area contributed by atoms with Crippen molar-refractivity contribution in [3.8, 4) is 33.9 Å². The SMILES string of the molecule is CC.COc1ccc(-c2oc3c(C=O)cc(O)cc3c2-c2ccccc2)cc1. The van der Waals surface area contributed by atoms with Crippen LogP contribution in [-0.2, 0) is 0 Å². The number of aromatic hydroxyl groups is 1. The number of ether oxygens (including phenoxy) is 1. The van der Waals surface area contributed by atoms with Gasteiger partial charge in [-0.1, -0.05) is 44.2 Å². The third kappa shape index (κ3) is 3.49. The zero-order valence-corrected chi connectivity index (χ0v) is 16.1. The largest absolute Gasteiger partial charge is 0.508 e. The number of furan rings is 1. The third-order valence-corrected chi connectivity index (χ3v) is 4.34. The van der Waals surface area contributed by atoms with Crippen molar-refractivity contribution in [3.63, 3.8) is 0 Å². The highest BCUT2D eigenvalue weighted by Gasteiger charge is 2.20. The van der Waals surface area contributed by atoms with Gasteiger partial charge in [-0.15, -0.1) is 0 Å². The molecule has 0 saturated carbocycles. The molecule has 0 saturated heterocycles. The molecule has 0 amide bonds. The first-order valence-corrected chi connectivity index (χ1v) is 9.16. The van der Waals surface area contributed by atoms with Gasteiger partial charge in [-0.3, -0.25) is 4.79 Å². The van der Waals surface area contributed by atoms with Gasteiger partial charge in [0.25, 0.3) is 0 Å². The number of phenols is 1. The molecular formula is C24H22O4. The fraction of sp³-hybridized carbons (Fsp3) is 0.125. The van der Waals surface area contributed by atoms with Gasteiger partial charge in [-0.25, -0.2) is 0 Å². The van der Waals surface area contributed by atoms with Crippen LogP contribution >= 0.6 is 0 Å². The predicted molar refractivity (Wildman–Crippen MR) is 112 cm³/mol. The molecule has 4 aromatic rings. The molecule has 1 heterocycles. The van der Waals surface area contributed by atoms with Gasteiger partial charge >= 0.3 is 0 Å². The average Bonchev–Trinajstić information content (AvgIpc) is 3.14. The highest BCUT2D eigenvalue weighted by atomic mass is 16.5. The van der Waals surface area contributed by atoms with E-state index in [4.69, 9.17) is 9.15 Å². The number of phenolic OH excluding ortho intramolecular Hbond substituents is 1. The summed E-state index contributed by atoms with van der Waals surface area (Å²) >= 11 is 0. The minimum Gasteiger partial charge on any atom is -0.508 e. The summed E-state index contributed by atoms with van der Waals surface area (Å²) in [7, 11) is 1.62. The van der Waals surface area contributed by atoms with E-state index in [0.717, 1.165) is 22.4 Å². The van der Waals surface area contributed by atoms with Crippen molar-refractivity contribution in [1.82, 2.24) is 0 Å².